The van der Waals surface area contributed by atoms with Gasteiger partial charge in [0.25, 0.3) is 10.0 Å². The number of sulfonamides is 1. The SMILES string of the molecule is COc1ccc([C@H](C)NC(=O)CN(c2ccc(C)cc2)S(=O)(=O)c2ccc(C)cc2)cc1OC. The molecule has 0 radical (unpaired) electrons. The maximum atomic E-state index is 13.5. The number of benzene rings is 3. The molecule has 1 N–H and O–H groups in total. The highest BCUT2D eigenvalue weighted by Gasteiger charge is 2.27. The molecule has 7 nitrogen and oxygen atoms in total. The maximum Gasteiger partial charge on any atom is 0.264 e. The molecule has 0 heterocycles. The molecule has 0 fully saturated rings. The second-order valence-corrected chi connectivity index (χ2v) is 9.93. The molecular formula is C26H30N2O5S. The van der Waals surface area contributed by atoms with Crippen LogP contribution in [0.1, 0.15) is 29.7 Å². The smallest absolute Gasteiger partial charge is 0.264 e. The first-order valence-corrected chi connectivity index (χ1v) is 12.3. The summed E-state index contributed by atoms with van der Waals surface area (Å²) < 4.78 is 38.7. The number of amides is 1. The van der Waals surface area contributed by atoms with Crippen molar-refractivity contribution in [2.45, 2.75) is 31.7 Å². The average molecular weight is 483 g/mol. The van der Waals surface area contributed by atoms with Crippen molar-refractivity contribution in [3.8, 4) is 11.5 Å². The van der Waals surface area contributed by atoms with Crippen LogP contribution in [0.25, 0.3) is 0 Å². The highest BCUT2D eigenvalue weighted by Crippen LogP contribution is 2.30. The van der Waals surface area contributed by atoms with E-state index in [0.717, 1.165) is 21.0 Å². The summed E-state index contributed by atoms with van der Waals surface area (Å²) in [6, 6.07) is 18.6. The summed E-state index contributed by atoms with van der Waals surface area (Å²) in [5, 5.41) is 2.89. The summed E-state index contributed by atoms with van der Waals surface area (Å²) >= 11 is 0. The Labute approximate surface area is 201 Å². The van der Waals surface area contributed by atoms with Gasteiger partial charge in [-0.15, -0.1) is 0 Å². The molecule has 34 heavy (non-hydrogen) atoms. The summed E-state index contributed by atoms with van der Waals surface area (Å²) in [5.41, 5.74) is 3.15. The molecule has 0 saturated carbocycles. The number of carbonyl (C=O) groups excluding carboxylic acids is 1. The monoisotopic (exact) mass is 482 g/mol. The van der Waals surface area contributed by atoms with Crippen LogP contribution in [0.4, 0.5) is 5.69 Å². The standard InChI is InChI=1S/C26H30N2O5S/c1-18-6-11-22(12-7-18)28(34(30,31)23-13-8-19(2)9-14-23)17-26(29)27-20(3)21-10-15-24(32-4)25(16-21)33-5/h6-16,20H,17H2,1-5H3,(H,27,29)/t20-/m0/s1. The minimum atomic E-state index is -3.96. The highest BCUT2D eigenvalue weighted by atomic mass is 32.2. The lowest BCUT2D eigenvalue weighted by molar-refractivity contribution is -0.120. The van der Waals surface area contributed by atoms with E-state index in [-0.39, 0.29) is 17.5 Å². The van der Waals surface area contributed by atoms with Crippen LogP contribution in [0.15, 0.2) is 71.6 Å². The predicted octanol–water partition coefficient (Wildman–Crippen LogP) is 4.39. The van der Waals surface area contributed by atoms with Crippen LogP contribution in [0, 0.1) is 13.8 Å². The van der Waals surface area contributed by atoms with Gasteiger partial charge in [0.1, 0.15) is 6.54 Å². The third-order valence-corrected chi connectivity index (χ3v) is 7.29. The number of nitrogens with one attached hydrogen (secondary N) is 1. The second kappa shape index (κ2) is 10.6. The largest absolute Gasteiger partial charge is 0.493 e. The number of ether oxygens (including phenoxy) is 2. The quantitative estimate of drug-likeness (QED) is 0.489. The zero-order valence-corrected chi connectivity index (χ0v) is 20.8. The summed E-state index contributed by atoms with van der Waals surface area (Å²) in [6.45, 7) is 5.26. The number of nitrogens with zero attached hydrogens (tertiary/aromatic N) is 1. The Morgan fingerprint density at radius 1 is 0.882 bits per heavy atom. The van der Waals surface area contributed by atoms with Gasteiger partial charge in [-0.3, -0.25) is 9.10 Å². The van der Waals surface area contributed by atoms with Crippen LogP contribution < -0.4 is 19.1 Å². The fourth-order valence-electron chi connectivity index (χ4n) is 3.49. The van der Waals surface area contributed by atoms with Crippen molar-refractivity contribution in [1.82, 2.24) is 5.32 Å². The van der Waals surface area contributed by atoms with E-state index in [0.29, 0.717) is 17.2 Å². The molecule has 3 aromatic carbocycles. The number of carbonyl (C=O) groups is 1. The lowest BCUT2D eigenvalue weighted by Crippen LogP contribution is -2.41. The third-order valence-electron chi connectivity index (χ3n) is 5.50. The van der Waals surface area contributed by atoms with Crippen LogP contribution >= 0.6 is 0 Å². The van der Waals surface area contributed by atoms with Crippen molar-refractivity contribution in [3.63, 3.8) is 0 Å². The zero-order valence-electron chi connectivity index (χ0n) is 20.0. The summed E-state index contributed by atoms with van der Waals surface area (Å²) in [5.74, 6) is 0.697. The van der Waals surface area contributed by atoms with E-state index in [2.05, 4.69) is 5.32 Å². The molecule has 0 bridgehead atoms. The number of aryl methyl sites for hydroxylation is 2. The van der Waals surface area contributed by atoms with Crippen molar-refractivity contribution < 1.29 is 22.7 Å². The van der Waals surface area contributed by atoms with Gasteiger partial charge in [-0.25, -0.2) is 8.42 Å². The van der Waals surface area contributed by atoms with E-state index in [1.165, 1.54) is 0 Å². The van der Waals surface area contributed by atoms with Crippen molar-refractivity contribution in [2.24, 2.45) is 0 Å². The molecule has 0 aliphatic carbocycles. The van der Waals surface area contributed by atoms with E-state index < -0.39 is 15.9 Å². The highest BCUT2D eigenvalue weighted by molar-refractivity contribution is 7.92. The van der Waals surface area contributed by atoms with E-state index in [4.69, 9.17) is 9.47 Å². The second-order valence-electron chi connectivity index (χ2n) is 8.06. The Kier molecular flexibility index (Phi) is 7.83. The maximum absolute atomic E-state index is 13.5. The van der Waals surface area contributed by atoms with Crippen molar-refractivity contribution in [1.29, 1.82) is 0 Å². The molecule has 1 atom stereocenters. The Morgan fingerprint density at radius 2 is 1.44 bits per heavy atom. The first kappa shape index (κ1) is 25.1. The first-order chi connectivity index (χ1) is 16.1. The van der Waals surface area contributed by atoms with Crippen molar-refractivity contribution in [3.05, 3.63) is 83.4 Å². The fraction of sp³-hybridized carbons (Fsp3) is 0.269. The van der Waals surface area contributed by atoms with Gasteiger partial charge in [0.05, 0.1) is 30.8 Å². The minimum Gasteiger partial charge on any atom is -0.493 e. The van der Waals surface area contributed by atoms with E-state index in [9.17, 15) is 13.2 Å². The van der Waals surface area contributed by atoms with Gasteiger partial charge in [0.2, 0.25) is 5.91 Å². The molecule has 0 unspecified atom stereocenters. The lowest BCUT2D eigenvalue weighted by atomic mass is 10.1. The van der Waals surface area contributed by atoms with Crippen LogP contribution in [-0.2, 0) is 14.8 Å². The minimum absolute atomic E-state index is 0.124. The van der Waals surface area contributed by atoms with E-state index in [1.54, 1.807) is 62.8 Å². The van der Waals surface area contributed by atoms with Gasteiger partial charge in [-0.05, 0) is 62.7 Å². The van der Waals surface area contributed by atoms with E-state index in [1.807, 2.05) is 39.0 Å². The Morgan fingerprint density at radius 3 is 2.00 bits per heavy atom. The molecule has 180 valence electrons. The van der Waals surface area contributed by atoms with Gasteiger partial charge < -0.3 is 14.8 Å². The van der Waals surface area contributed by atoms with Gasteiger partial charge in [0.15, 0.2) is 11.5 Å². The zero-order chi connectivity index (χ0) is 24.9. The van der Waals surface area contributed by atoms with Crippen molar-refractivity contribution >= 4 is 21.6 Å². The van der Waals surface area contributed by atoms with E-state index >= 15 is 0 Å². The summed E-state index contributed by atoms with van der Waals surface area (Å²) in [6.07, 6.45) is 0. The Hall–Kier alpha value is -3.52. The molecule has 8 heteroatoms. The molecule has 0 aromatic heterocycles. The molecule has 0 saturated heterocycles. The third kappa shape index (κ3) is 5.69. The summed E-state index contributed by atoms with van der Waals surface area (Å²) in [4.78, 5) is 13.1. The van der Waals surface area contributed by atoms with Gasteiger partial charge in [-0.2, -0.15) is 0 Å². The van der Waals surface area contributed by atoms with Gasteiger partial charge >= 0.3 is 0 Å². The van der Waals surface area contributed by atoms with Crippen LogP contribution in [0.5, 0.6) is 11.5 Å². The topological polar surface area (TPSA) is 84.9 Å². The number of rotatable bonds is 9. The molecular weight excluding hydrogens is 452 g/mol. The predicted molar refractivity (Wildman–Crippen MR) is 133 cm³/mol. The average Bonchev–Trinajstić information content (AvgIpc) is 2.82. The molecule has 1 amide bonds. The molecule has 0 aliphatic heterocycles. The van der Waals surface area contributed by atoms with Gasteiger partial charge in [0, 0.05) is 0 Å². The summed E-state index contributed by atoms with van der Waals surface area (Å²) in [7, 11) is -0.869. The van der Waals surface area contributed by atoms with Crippen molar-refractivity contribution in [2.75, 3.05) is 25.1 Å². The fourth-order valence-corrected chi connectivity index (χ4v) is 4.91. The molecule has 0 aliphatic rings. The number of methoxy groups -OCH3 is 2. The Bertz CT molecular complexity index is 1240. The molecule has 0 spiro atoms. The number of hydrogen-bond donors (Lipinski definition) is 1. The Balaban J connectivity index is 1.87. The van der Waals surface area contributed by atoms with Crippen LogP contribution in [0.3, 0.4) is 0 Å². The van der Waals surface area contributed by atoms with Crippen LogP contribution in [0.2, 0.25) is 0 Å². The van der Waals surface area contributed by atoms with Crippen LogP contribution in [-0.4, -0.2) is 35.1 Å². The lowest BCUT2D eigenvalue weighted by Gasteiger charge is -2.25. The normalized spacial score (nSPS) is 12.0. The molecule has 3 aromatic rings. The van der Waals surface area contributed by atoms with Gasteiger partial charge in [-0.1, -0.05) is 41.5 Å². The molecule has 3 rings (SSSR count). The number of hydrogen-bond acceptors (Lipinski definition) is 5. The number of anilines is 1. The first-order valence-electron chi connectivity index (χ1n) is 10.8.